The van der Waals surface area contributed by atoms with Crippen molar-refractivity contribution in [1.29, 1.82) is 0 Å². The molecule has 0 spiro atoms. The first kappa shape index (κ1) is 11.6. The molecule has 13 heavy (non-hydrogen) atoms. The maximum atomic E-state index is 10.9. The molecule has 0 aromatic rings. The van der Waals surface area contributed by atoms with Gasteiger partial charge in [-0.05, 0) is 6.92 Å². The van der Waals surface area contributed by atoms with Gasteiger partial charge in [-0.25, -0.2) is 4.79 Å². The molecule has 1 amide bonds. The number of ether oxygens (including phenoxy) is 1. The van der Waals surface area contributed by atoms with Gasteiger partial charge in [0, 0.05) is 12.5 Å². The highest BCUT2D eigenvalue weighted by Gasteiger charge is 2.13. The zero-order chi connectivity index (χ0) is 10.4. The average Bonchev–Trinajstić information content (AvgIpc) is 2.02. The molecule has 5 nitrogen and oxygen atoms in total. The Morgan fingerprint density at radius 1 is 1.54 bits per heavy atom. The Bertz CT molecular complexity index is 224. The molecule has 74 valence electrons. The van der Waals surface area contributed by atoms with E-state index >= 15 is 0 Å². The van der Waals surface area contributed by atoms with Crippen LogP contribution in [0.25, 0.3) is 0 Å². The van der Waals surface area contributed by atoms with E-state index in [-0.39, 0.29) is 11.5 Å². The Morgan fingerprint density at radius 2 is 2.08 bits per heavy atom. The normalized spacial score (nSPS) is 11.6. The molecule has 0 fully saturated rings. The van der Waals surface area contributed by atoms with Gasteiger partial charge in [-0.1, -0.05) is 6.58 Å². The molecule has 0 rings (SSSR count). The topological polar surface area (TPSA) is 75.6 Å². The number of esters is 1. The van der Waals surface area contributed by atoms with E-state index in [0.717, 1.165) is 0 Å². The van der Waals surface area contributed by atoms with Gasteiger partial charge in [-0.2, -0.15) is 0 Å². The highest BCUT2D eigenvalue weighted by atomic mass is 16.6. The van der Waals surface area contributed by atoms with Gasteiger partial charge >= 0.3 is 5.97 Å². The van der Waals surface area contributed by atoms with Gasteiger partial charge < -0.3 is 15.2 Å². The van der Waals surface area contributed by atoms with Gasteiger partial charge in [0.05, 0.1) is 6.61 Å². The number of hydrogen-bond acceptors (Lipinski definition) is 4. The first-order valence-corrected chi connectivity index (χ1v) is 3.71. The highest BCUT2D eigenvalue weighted by molar-refractivity contribution is 5.87. The maximum absolute atomic E-state index is 10.9. The molecule has 5 heteroatoms. The second-order valence-corrected chi connectivity index (χ2v) is 2.56. The first-order valence-electron chi connectivity index (χ1n) is 3.71. The third-order valence-corrected chi connectivity index (χ3v) is 1.13. The predicted octanol–water partition coefficient (Wildman–Crippen LogP) is -0.440. The minimum absolute atomic E-state index is 0.212. The zero-order valence-corrected chi connectivity index (χ0v) is 7.66. The molecule has 0 aromatic heterocycles. The monoisotopic (exact) mass is 187 g/mol. The molecule has 1 unspecified atom stereocenters. The minimum atomic E-state index is -0.998. The van der Waals surface area contributed by atoms with Crippen LogP contribution in [0.15, 0.2) is 12.2 Å². The van der Waals surface area contributed by atoms with E-state index in [1.54, 1.807) is 0 Å². The maximum Gasteiger partial charge on any atom is 0.335 e. The van der Waals surface area contributed by atoms with E-state index in [2.05, 4.69) is 16.6 Å². The molecule has 0 heterocycles. The summed E-state index contributed by atoms with van der Waals surface area (Å²) in [5.74, 6) is -1.03. The lowest BCUT2D eigenvalue weighted by molar-refractivity contribution is -0.149. The fraction of sp³-hybridized carbons (Fsp3) is 0.500. The van der Waals surface area contributed by atoms with Crippen molar-refractivity contribution >= 4 is 11.9 Å². The summed E-state index contributed by atoms with van der Waals surface area (Å²) in [6, 6.07) is 0. The first-order chi connectivity index (χ1) is 5.97. The lowest BCUT2D eigenvalue weighted by Crippen LogP contribution is -2.39. The van der Waals surface area contributed by atoms with E-state index in [1.165, 1.54) is 13.8 Å². The molecule has 0 radical (unpaired) electrons. The Balaban J connectivity index is 4.05. The predicted molar refractivity (Wildman–Crippen MR) is 45.6 cm³/mol. The van der Waals surface area contributed by atoms with E-state index < -0.39 is 18.8 Å². The fourth-order valence-electron chi connectivity index (χ4n) is 0.569. The van der Waals surface area contributed by atoms with Crippen molar-refractivity contribution in [2.75, 3.05) is 6.61 Å². The Morgan fingerprint density at radius 3 is 2.38 bits per heavy atom. The summed E-state index contributed by atoms with van der Waals surface area (Å²) >= 11 is 0. The number of hydrogen-bond donors (Lipinski definition) is 2. The lowest BCUT2D eigenvalue weighted by Gasteiger charge is -2.15. The second-order valence-electron chi connectivity index (χ2n) is 2.56. The third kappa shape index (κ3) is 4.97. The second kappa shape index (κ2) is 5.31. The van der Waals surface area contributed by atoms with E-state index in [4.69, 9.17) is 5.11 Å². The molecule has 1 atom stereocenters. The number of rotatable bonds is 4. The molecular formula is C8H13NO4. The van der Waals surface area contributed by atoms with Crippen molar-refractivity contribution in [1.82, 2.24) is 5.32 Å². The highest BCUT2D eigenvalue weighted by Crippen LogP contribution is 1.95. The third-order valence-electron chi connectivity index (χ3n) is 1.13. The number of carbonyl (C=O) groups is 2. The minimum Gasteiger partial charge on any atom is -0.436 e. The van der Waals surface area contributed by atoms with Crippen molar-refractivity contribution in [3.8, 4) is 0 Å². The number of carbonyl (C=O) groups excluding carboxylic acids is 2. The zero-order valence-electron chi connectivity index (χ0n) is 7.66. The van der Waals surface area contributed by atoms with Crippen molar-refractivity contribution in [3.05, 3.63) is 12.2 Å². The molecular weight excluding hydrogens is 174 g/mol. The molecule has 0 aliphatic heterocycles. The molecule has 2 N–H and O–H groups in total. The lowest BCUT2D eigenvalue weighted by atomic mass is 10.4. The largest absolute Gasteiger partial charge is 0.436 e. The standard InChI is InChI=1S/C8H13NO4/c1-5(2)8(12)13-7(4-10)9-6(3)11/h7,10H,1,4H2,2-3H3,(H,9,11). The van der Waals surface area contributed by atoms with Crippen LogP contribution in [-0.2, 0) is 14.3 Å². The summed E-state index contributed by atoms with van der Waals surface area (Å²) in [5, 5.41) is 10.9. The summed E-state index contributed by atoms with van der Waals surface area (Å²) in [5.41, 5.74) is 0.212. The fourth-order valence-corrected chi connectivity index (χ4v) is 0.569. The van der Waals surface area contributed by atoms with Gasteiger partial charge in [0.25, 0.3) is 0 Å². The molecule has 0 aliphatic rings. The smallest absolute Gasteiger partial charge is 0.335 e. The summed E-state index contributed by atoms with van der Waals surface area (Å²) in [4.78, 5) is 21.4. The van der Waals surface area contributed by atoms with Gasteiger partial charge in [-0.3, -0.25) is 4.79 Å². The van der Waals surface area contributed by atoms with Gasteiger partial charge in [-0.15, -0.1) is 0 Å². The Kier molecular flexibility index (Phi) is 4.76. The molecule has 0 aromatic carbocycles. The SMILES string of the molecule is C=C(C)C(=O)OC(CO)NC(C)=O. The van der Waals surface area contributed by atoms with Gasteiger partial charge in [0.15, 0.2) is 6.23 Å². The summed E-state index contributed by atoms with van der Waals surface area (Å²) in [6.45, 7) is 5.63. The van der Waals surface area contributed by atoms with Crippen LogP contribution in [0.2, 0.25) is 0 Å². The van der Waals surface area contributed by atoms with E-state index in [1.807, 2.05) is 0 Å². The van der Waals surface area contributed by atoms with Crippen molar-refractivity contribution in [2.45, 2.75) is 20.1 Å². The quantitative estimate of drug-likeness (QED) is 0.355. The molecule has 0 aliphatic carbocycles. The van der Waals surface area contributed by atoms with Crippen LogP contribution in [-0.4, -0.2) is 29.8 Å². The van der Waals surface area contributed by atoms with E-state index in [0.29, 0.717) is 0 Å². The van der Waals surface area contributed by atoms with Crippen molar-refractivity contribution < 1.29 is 19.4 Å². The van der Waals surface area contributed by atoms with Crippen LogP contribution in [0.3, 0.4) is 0 Å². The van der Waals surface area contributed by atoms with Gasteiger partial charge in [0.2, 0.25) is 5.91 Å². The molecule has 0 bridgehead atoms. The molecule has 0 saturated carbocycles. The van der Waals surface area contributed by atoms with Crippen LogP contribution >= 0.6 is 0 Å². The number of aliphatic hydroxyl groups excluding tert-OH is 1. The average molecular weight is 187 g/mol. The number of aliphatic hydroxyl groups is 1. The van der Waals surface area contributed by atoms with Crippen LogP contribution in [0.5, 0.6) is 0 Å². The van der Waals surface area contributed by atoms with Crippen LogP contribution in [0.4, 0.5) is 0 Å². The Hall–Kier alpha value is -1.36. The summed E-state index contributed by atoms with van der Waals surface area (Å²) in [6.07, 6.45) is -0.998. The molecule has 0 saturated heterocycles. The van der Waals surface area contributed by atoms with Crippen LogP contribution in [0, 0.1) is 0 Å². The van der Waals surface area contributed by atoms with Gasteiger partial charge in [0.1, 0.15) is 0 Å². The summed E-state index contributed by atoms with van der Waals surface area (Å²) < 4.78 is 4.65. The van der Waals surface area contributed by atoms with Crippen LogP contribution < -0.4 is 5.32 Å². The Labute approximate surface area is 76.4 Å². The van der Waals surface area contributed by atoms with E-state index in [9.17, 15) is 9.59 Å². The summed E-state index contributed by atoms with van der Waals surface area (Å²) in [7, 11) is 0. The van der Waals surface area contributed by atoms with Crippen molar-refractivity contribution in [3.63, 3.8) is 0 Å². The number of nitrogens with one attached hydrogen (secondary N) is 1. The number of amides is 1. The van der Waals surface area contributed by atoms with Crippen molar-refractivity contribution in [2.24, 2.45) is 0 Å². The van der Waals surface area contributed by atoms with Crippen LogP contribution in [0.1, 0.15) is 13.8 Å².